The number of fused-ring (bicyclic) bond motifs is 1. The molecule has 2 aliphatic heterocycles. The van der Waals surface area contributed by atoms with E-state index >= 15 is 0 Å². The number of rotatable bonds is 6. The lowest BCUT2D eigenvalue weighted by molar-refractivity contribution is -0.161. The van der Waals surface area contributed by atoms with Crippen LogP contribution in [-0.2, 0) is 11.3 Å². The molecule has 1 aromatic carbocycles. The minimum Gasteiger partial charge on any atom is -0.489 e. The predicted molar refractivity (Wildman–Crippen MR) is 126 cm³/mol. The molecule has 0 radical (unpaired) electrons. The molecular weight excluding hydrogens is 428 g/mol. The molecular formula is C27H32N4O3. The van der Waals surface area contributed by atoms with E-state index < -0.39 is 6.04 Å². The summed E-state index contributed by atoms with van der Waals surface area (Å²) in [7, 11) is 0. The number of nitrogens with zero attached hydrogens (tertiary/aromatic N) is 2. The number of hydrogen-bond donors (Lipinski definition) is 2. The Balaban J connectivity index is 1.10. The number of benzene rings is 1. The number of carbonyl (C=O) groups is 2. The van der Waals surface area contributed by atoms with Gasteiger partial charge in [0.05, 0.1) is 11.5 Å². The maximum atomic E-state index is 13.0. The predicted octanol–water partition coefficient (Wildman–Crippen LogP) is 3.41. The highest BCUT2D eigenvalue weighted by molar-refractivity contribution is 6.01. The molecule has 7 rings (SSSR count). The van der Waals surface area contributed by atoms with Crippen LogP contribution < -0.4 is 15.4 Å². The van der Waals surface area contributed by atoms with E-state index in [-0.39, 0.29) is 23.3 Å². The first-order valence-corrected chi connectivity index (χ1v) is 12.6. The van der Waals surface area contributed by atoms with Crippen LogP contribution in [0.2, 0.25) is 0 Å². The lowest BCUT2D eigenvalue weighted by atomic mass is 9.35. The lowest BCUT2D eigenvalue weighted by Gasteiger charge is -2.67. The van der Waals surface area contributed by atoms with Gasteiger partial charge in [0, 0.05) is 30.4 Å². The summed E-state index contributed by atoms with van der Waals surface area (Å²) in [6.45, 7) is 5.24. The van der Waals surface area contributed by atoms with Crippen molar-refractivity contribution in [2.24, 2.45) is 10.8 Å². The van der Waals surface area contributed by atoms with Crippen LogP contribution >= 0.6 is 0 Å². The molecule has 7 nitrogen and oxygen atoms in total. The van der Waals surface area contributed by atoms with Gasteiger partial charge in [0.25, 0.3) is 5.91 Å². The Morgan fingerprint density at radius 3 is 2.76 bits per heavy atom. The summed E-state index contributed by atoms with van der Waals surface area (Å²) in [4.78, 5) is 27.1. The number of ether oxygens (including phenoxy) is 1. The van der Waals surface area contributed by atoms with Crippen LogP contribution in [0.3, 0.4) is 0 Å². The average Bonchev–Trinajstić information content (AvgIpc) is 3.09. The van der Waals surface area contributed by atoms with Crippen molar-refractivity contribution >= 4 is 11.8 Å². The number of nitrogens with one attached hydrogen (secondary N) is 2. The highest BCUT2D eigenvalue weighted by atomic mass is 16.5. The van der Waals surface area contributed by atoms with Crippen molar-refractivity contribution in [2.75, 3.05) is 6.54 Å². The van der Waals surface area contributed by atoms with Crippen LogP contribution in [0.15, 0.2) is 30.5 Å². The standard InChI is InChI=1S/C27H32N4O3/c1-17-6-9-22(24(32)30-17)31-11-18-10-19(7-8-20(18)25(31)33)34-23-5-3-2-4-21(23)29-16-27-12-26(13-27,14-27)15-28/h7-8,10,21-23,29H,1-6,9,11-14,16H2,(H,30,32). The summed E-state index contributed by atoms with van der Waals surface area (Å²) >= 11 is 0. The van der Waals surface area contributed by atoms with Crippen molar-refractivity contribution in [3.63, 3.8) is 0 Å². The van der Waals surface area contributed by atoms with Crippen LogP contribution in [0.5, 0.6) is 5.75 Å². The maximum absolute atomic E-state index is 13.0. The smallest absolute Gasteiger partial charge is 0.255 e. The molecule has 1 saturated heterocycles. The van der Waals surface area contributed by atoms with E-state index in [1.54, 1.807) is 4.90 Å². The number of amides is 2. The Hall–Kier alpha value is -2.85. The Morgan fingerprint density at radius 2 is 2.00 bits per heavy atom. The Kier molecular flexibility index (Phi) is 5.00. The zero-order valence-corrected chi connectivity index (χ0v) is 19.6. The van der Waals surface area contributed by atoms with Gasteiger partial charge in [-0.3, -0.25) is 9.59 Å². The number of carbonyl (C=O) groups excluding carboxylic acids is 2. The number of piperidine rings is 1. The van der Waals surface area contributed by atoms with E-state index in [2.05, 4.69) is 23.3 Å². The molecule has 3 unspecified atom stereocenters. The Labute approximate surface area is 200 Å². The third kappa shape index (κ3) is 3.51. The summed E-state index contributed by atoms with van der Waals surface area (Å²) in [5.41, 5.74) is 2.64. The zero-order valence-electron chi connectivity index (χ0n) is 19.6. The largest absolute Gasteiger partial charge is 0.489 e. The van der Waals surface area contributed by atoms with Gasteiger partial charge >= 0.3 is 0 Å². The van der Waals surface area contributed by atoms with Crippen LogP contribution in [0.25, 0.3) is 0 Å². The van der Waals surface area contributed by atoms with Crippen LogP contribution in [-0.4, -0.2) is 41.4 Å². The van der Waals surface area contributed by atoms with E-state index in [0.29, 0.717) is 36.4 Å². The number of nitriles is 1. The summed E-state index contributed by atoms with van der Waals surface area (Å²) in [5, 5.41) is 15.9. The fraction of sp³-hybridized carbons (Fsp3) is 0.593. The quantitative estimate of drug-likeness (QED) is 0.679. The monoisotopic (exact) mass is 460 g/mol. The van der Waals surface area contributed by atoms with Gasteiger partial charge in [-0.05, 0) is 80.5 Å². The minimum atomic E-state index is -0.446. The van der Waals surface area contributed by atoms with Crippen molar-refractivity contribution < 1.29 is 14.3 Å². The Bertz CT molecular complexity index is 1090. The van der Waals surface area contributed by atoms with Crippen molar-refractivity contribution in [2.45, 2.75) is 82.5 Å². The SMILES string of the molecule is C=C1CCC(N2Cc3cc(OC4CCCCC4NCC45CC(C#N)(C4)C5)ccc3C2=O)C(=O)N1. The van der Waals surface area contributed by atoms with Crippen molar-refractivity contribution in [3.05, 3.63) is 41.6 Å². The normalized spacial score (nSPS) is 36.1. The van der Waals surface area contributed by atoms with Gasteiger partial charge in [-0.1, -0.05) is 13.0 Å². The second-order valence-electron chi connectivity index (χ2n) is 11.2. The second-order valence-corrected chi connectivity index (χ2v) is 11.2. The first kappa shape index (κ1) is 21.7. The third-order valence-electron chi connectivity index (χ3n) is 8.71. The van der Waals surface area contributed by atoms with Gasteiger partial charge in [-0.25, -0.2) is 0 Å². The fourth-order valence-corrected chi connectivity index (χ4v) is 7.00. The van der Waals surface area contributed by atoms with Crippen molar-refractivity contribution in [1.82, 2.24) is 15.5 Å². The maximum Gasteiger partial charge on any atom is 0.255 e. The molecule has 2 N–H and O–H groups in total. The average molecular weight is 461 g/mol. The number of allylic oxidation sites excluding steroid dienone is 1. The first-order chi connectivity index (χ1) is 16.4. The molecule has 5 fully saturated rings. The van der Waals surface area contributed by atoms with Crippen LogP contribution in [0.1, 0.15) is 73.7 Å². The molecule has 2 bridgehead atoms. The molecule has 34 heavy (non-hydrogen) atoms. The molecule has 3 atom stereocenters. The molecule has 2 heterocycles. The summed E-state index contributed by atoms with van der Waals surface area (Å²) in [6, 6.07) is 8.09. The van der Waals surface area contributed by atoms with Crippen molar-refractivity contribution in [1.29, 1.82) is 5.26 Å². The summed E-state index contributed by atoms with van der Waals surface area (Å²) in [6.07, 6.45) is 9.02. The molecule has 7 heteroatoms. The molecule has 2 amide bonds. The van der Waals surface area contributed by atoms with Gasteiger partial charge in [0.15, 0.2) is 0 Å². The summed E-state index contributed by atoms with van der Waals surface area (Å²) in [5.74, 6) is 0.567. The molecule has 178 valence electrons. The van der Waals surface area contributed by atoms with Crippen molar-refractivity contribution in [3.8, 4) is 11.8 Å². The topological polar surface area (TPSA) is 94.5 Å². The van der Waals surface area contributed by atoms with Gasteiger partial charge in [0.2, 0.25) is 5.91 Å². The first-order valence-electron chi connectivity index (χ1n) is 12.6. The lowest BCUT2D eigenvalue weighted by Crippen LogP contribution is -2.65. The Morgan fingerprint density at radius 1 is 1.21 bits per heavy atom. The number of hydrogen-bond acceptors (Lipinski definition) is 5. The van der Waals surface area contributed by atoms with E-state index in [1.165, 1.54) is 6.42 Å². The molecule has 1 aromatic rings. The summed E-state index contributed by atoms with van der Waals surface area (Å²) < 4.78 is 6.48. The van der Waals surface area contributed by atoms with Gasteiger partial charge in [0.1, 0.15) is 17.9 Å². The van der Waals surface area contributed by atoms with E-state index in [1.807, 2.05) is 18.2 Å². The molecule has 4 saturated carbocycles. The van der Waals surface area contributed by atoms with E-state index in [9.17, 15) is 14.9 Å². The zero-order chi connectivity index (χ0) is 23.5. The van der Waals surface area contributed by atoms with Crippen LogP contribution in [0.4, 0.5) is 0 Å². The molecule has 0 aromatic heterocycles. The highest BCUT2D eigenvalue weighted by Crippen LogP contribution is 2.72. The molecule has 0 spiro atoms. The van der Waals surface area contributed by atoms with Gasteiger partial charge in [-0.2, -0.15) is 5.26 Å². The third-order valence-corrected chi connectivity index (χ3v) is 8.71. The van der Waals surface area contributed by atoms with E-state index in [4.69, 9.17) is 4.74 Å². The van der Waals surface area contributed by atoms with Crippen LogP contribution in [0, 0.1) is 22.2 Å². The second kappa shape index (κ2) is 7.84. The molecule has 4 aliphatic carbocycles. The minimum absolute atomic E-state index is 0.00778. The highest BCUT2D eigenvalue weighted by Gasteiger charge is 2.68. The van der Waals surface area contributed by atoms with Gasteiger partial charge < -0.3 is 20.3 Å². The molecule has 6 aliphatic rings. The van der Waals surface area contributed by atoms with Gasteiger partial charge in [-0.15, -0.1) is 0 Å². The van der Waals surface area contributed by atoms with E-state index in [0.717, 1.165) is 62.1 Å². The fourth-order valence-electron chi connectivity index (χ4n) is 7.00.